The van der Waals surface area contributed by atoms with E-state index in [9.17, 15) is 9.59 Å². The highest BCUT2D eigenvalue weighted by atomic mass is 16.2. The Bertz CT molecular complexity index is 1130. The largest absolute Gasteiger partial charge is 0.370 e. The van der Waals surface area contributed by atoms with Crippen molar-refractivity contribution < 1.29 is 9.59 Å². The standard InChI is InChI=1S/C27H30N4O2/c1-19-16-23(13-14-24(19)31-15-6-5-12-25(31)32)30-27(33)26(21-9-3-2-4-10-21)29-22-11-7-8-20(17-22)18-28/h2-4,7-11,13-14,16-17,26,29H,5-6,12,15,18,28H2,1H3,(H,30,33)/t26-/m0/s1. The molecule has 0 aromatic heterocycles. The number of nitrogens with two attached hydrogens (primary N) is 1. The molecule has 3 aromatic carbocycles. The van der Waals surface area contributed by atoms with Crippen molar-refractivity contribution in [3.8, 4) is 0 Å². The molecule has 6 nitrogen and oxygen atoms in total. The molecule has 0 spiro atoms. The molecule has 1 fully saturated rings. The molecule has 1 aliphatic heterocycles. The minimum Gasteiger partial charge on any atom is -0.370 e. The van der Waals surface area contributed by atoms with E-state index in [4.69, 9.17) is 5.73 Å². The Balaban J connectivity index is 1.55. The molecule has 0 radical (unpaired) electrons. The number of carbonyl (C=O) groups excluding carboxylic acids is 2. The molecule has 0 bridgehead atoms. The number of nitrogens with one attached hydrogen (secondary N) is 2. The van der Waals surface area contributed by atoms with Gasteiger partial charge in [-0.1, -0.05) is 42.5 Å². The lowest BCUT2D eigenvalue weighted by molar-refractivity contribution is -0.119. The first-order valence-corrected chi connectivity index (χ1v) is 11.4. The maximum atomic E-state index is 13.4. The maximum Gasteiger partial charge on any atom is 0.251 e. The minimum atomic E-state index is -0.581. The fourth-order valence-corrected chi connectivity index (χ4v) is 4.21. The van der Waals surface area contributed by atoms with Crippen LogP contribution in [0.15, 0.2) is 72.8 Å². The summed E-state index contributed by atoms with van der Waals surface area (Å²) in [7, 11) is 0. The lowest BCUT2D eigenvalue weighted by atomic mass is 10.0. The fraction of sp³-hybridized carbons (Fsp3) is 0.259. The number of benzene rings is 3. The van der Waals surface area contributed by atoms with Gasteiger partial charge in [0.2, 0.25) is 5.91 Å². The molecule has 0 saturated carbocycles. The monoisotopic (exact) mass is 442 g/mol. The lowest BCUT2D eigenvalue weighted by Crippen LogP contribution is -2.35. The Kier molecular flexibility index (Phi) is 7.05. The molecule has 4 rings (SSSR count). The van der Waals surface area contributed by atoms with Gasteiger partial charge in [-0.2, -0.15) is 0 Å². The predicted octanol–water partition coefficient (Wildman–Crippen LogP) is 4.76. The molecular formula is C27H30N4O2. The van der Waals surface area contributed by atoms with Crippen LogP contribution in [-0.2, 0) is 16.1 Å². The molecule has 2 amide bonds. The Morgan fingerprint density at radius 1 is 1.00 bits per heavy atom. The number of anilines is 3. The van der Waals surface area contributed by atoms with E-state index >= 15 is 0 Å². The highest BCUT2D eigenvalue weighted by molar-refractivity contribution is 5.98. The molecule has 3 aromatic rings. The summed E-state index contributed by atoms with van der Waals surface area (Å²) in [6.07, 6.45) is 2.55. The molecule has 170 valence electrons. The number of hydrogen-bond donors (Lipinski definition) is 3. The highest BCUT2D eigenvalue weighted by Gasteiger charge is 2.23. The van der Waals surface area contributed by atoms with Gasteiger partial charge in [0.1, 0.15) is 6.04 Å². The summed E-state index contributed by atoms with van der Waals surface area (Å²) < 4.78 is 0. The summed E-state index contributed by atoms with van der Waals surface area (Å²) in [5, 5.41) is 6.40. The second kappa shape index (κ2) is 10.3. The van der Waals surface area contributed by atoms with Gasteiger partial charge in [0.25, 0.3) is 5.91 Å². The number of carbonyl (C=O) groups is 2. The van der Waals surface area contributed by atoms with E-state index in [2.05, 4.69) is 10.6 Å². The van der Waals surface area contributed by atoms with Crippen molar-refractivity contribution >= 4 is 28.9 Å². The topological polar surface area (TPSA) is 87.5 Å². The molecule has 6 heteroatoms. The van der Waals surface area contributed by atoms with Gasteiger partial charge in [0.05, 0.1) is 0 Å². The van der Waals surface area contributed by atoms with Crippen LogP contribution in [0.2, 0.25) is 0 Å². The zero-order chi connectivity index (χ0) is 23.2. The molecule has 33 heavy (non-hydrogen) atoms. The van der Waals surface area contributed by atoms with E-state index < -0.39 is 6.04 Å². The normalized spacial score (nSPS) is 14.6. The predicted molar refractivity (Wildman–Crippen MR) is 133 cm³/mol. The average Bonchev–Trinajstić information content (AvgIpc) is 2.84. The van der Waals surface area contributed by atoms with Gasteiger partial charge in [-0.15, -0.1) is 0 Å². The third-order valence-electron chi connectivity index (χ3n) is 5.95. The average molecular weight is 443 g/mol. The second-order valence-electron chi connectivity index (χ2n) is 8.39. The van der Waals surface area contributed by atoms with Crippen molar-refractivity contribution in [2.45, 2.75) is 38.8 Å². The molecule has 1 saturated heterocycles. The molecule has 1 heterocycles. The van der Waals surface area contributed by atoms with Crippen molar-refractivity contribution in [3.05, 3.63) is 89.5 Å². The van der Waals surface area contributed by atoms with Crippen molar-refractivity contribution in [1.82, 2.24) is 0 Å². The first-order valence-electron chi connectivity index (χ1n) is 11.4. The summed E-state index contributed by atoms with van der Waals surface area (Å²) >= 11 is 0. The summed E-state index contributed by atoms with van der Waals surface area (Å²) in [6.45, 7) is 3.15. The van der Waals surface area contributed by atoms with Crippen LogP contribution in [-0.4, -0.2) is 18.4 Å². The van der Waals surface area contributed by atoms with E-state index in [1.54, 1.807) is 0 Å². The number of amides is 2. The lowest BCUT2D eigenvalue weighted by Gasteiger charge is -2.28. The van der Waals surface area contributed by atoms with E-state index in [0.29, 0.717) is 18.7 Å². The smallest absolute Gasteiger partial charge is 0.251 e. The van der Waals surface area contributed by atoms with Gasteiger partial charge < -0.3 is 21.3 Å². The number of rotatable bonds is 7. The van der Waals surface area contributed by atoms with Gasteiger partial charge in [0, 0.05) is 36.6 Å². The SMILES string of the molecule is Cc1cc(NC(=O)[C@@H](Nc2cccc(CN)c2)c2ccccc2)ccc1N1CCCCC1=O. The van der Waals surface area contributed by atoms with E-state index in [1.165, 1.54) is 0 Å². The van der Waals surface area contributed by atoms with Gasteiger partial charge >= 0.3 is 0 Å². The van der Waals surface area contributed by atoms with Crippen LogP contribution in [0, 0.1) is 6.92 Å². The van der Waals surface area contributed by atoms with Crippen molar-refractivity contribution in [2.75, 3.05) is 22.1 Å². The quantitative estimate of drug-likeness (QED) is 0.492. The third kappa shape index (κ3) is 5.41. The van der Waals surface area contributed by atoms with Gasteiger partial charge in [-0.25, -0.2) is 0 Å². The zero-order valence-electron chi connectivity index (χ0n) is 18.9. The van der Waals surface area contributed by atoms with Crippen LogP contribution in [0.3, 0.4) is 0 Å². The summed E-state index contributed by atoms with van der Waals surface area (Å²) in [6, 6.07) is 22.5. The zero-order valence-corrected chi connectivity index (χ0v) is 18.9. The van der Waals surface area contributed by atoms with Gasteiger partial charge in [-0.05, 0) is 66.8 Å². The van der Waals surface area contributed by atoms with Crippen LogP contribution >= 0.6 is 0 Å². The van der Waals surface area contributed by atoms with Crippen molar-refractivity contribution in [1.29, 1.82) is 0 Å². The summed E-state index contributed by atoms with van der Waals surface area (Å²) in [5.41, 5.74) is 11.0. The summed E-state index contributed by atoms with van der Waals surface area (Å²) in [5.74, 6) is -0.00487. The van der Waals surface area contributed by atoms with E-state index in [-0.39, 0.29) is 11.8 Å². The molecule has 0 aliphatic carbocycles. The number of aryl methyl sites for hydroxylation is 1. The van der Waals surface area contributed by atoms with Crippen LogP contribution in [0.5, 0.6) is 0 Å². The van der Waals surface area contributed by atoms with Gasteiger partial charge in [0.15, 0.2) is 0 Å². The van der Waals surface area contributed by atoms with Crippen LogP contribution in [0.25, 0.3) is 0 Å². The molecule has 4 N–H and O–H groups in total. The first-order chi connectivity index (χ1) is 16.0. The Labute approximate surface area is 194 Å². The first kappa shape index (κ1) is 22.6. The number of nitrogens with zero attached hydrogens (tertiary/aromatic N) is 1. The maximum absolute atomic E-state index is 13.4. The van der Waals surface area contributed by atoms with Crippen molar-refractivity contribution in [2.24, 2.45) is 5.73 Å². The number of hydrogen-bond acceptors (Lipinski definition) is 4. The van der Waals surface area contributed by atoms with E-state index in [0.717, 1.165) is 47.5 Å². The molecular weight excluding hydrogens is 412 g/mol. The highest BCUT2D eigenvalue weighted by Crippen LogP contribution is 2.28. The Morgan fingerprint density at radius 2 is 1.82 bits per heavy atom. The fourth-order valence-electron chi connectivity index (χ4n) is 4.21. The summed E-state index contributed by atoms with van der Waals surface area (Å²) in [4.78, 5) is 27.5. The van der Waals surface area contributed by atoms with Crippen LogP contribution < -0.4 is 21.3 Å². The Morgan fingerprint density at radius 3 is 2.55 bits per heavy atom. The van der Waals surface area contributed by atoms with E-state index in [1.807, 2.05) is 84.6 Å². The Hall–Kier alpha value is -3.64. The minimum absolute atomic E-state index is 0.161. The van der Waals surface area contributed by atoms with Crippen LogP contribution in [0.1, 0.15) is 42.0 Å². The molecule has 1 atom stereocenters. The van der Waals surface area contributed by atoms with Crippen LogP contribution in [0.4, 0.5) is 17.1 Å². The number of piperidine rings is 1. The van der Waals surface area contributed by atoms with Gasteiger partial charge in [-0.3, -0.25) is 9.59 Å². The molecule has 0 unspecified atom stereocenters. The third-order valence-corrected chi connectivity index (χ3v) is 5.95. The molecule has 1 aliphatic rings. The second-order valence-corrected chi connectivity index (χ2v) is 8.39. The van der Waals surface area contributed by atoms with Crippen molar-refractivity contribution in [3.63, 3.8) is 0 Å².